The van der Waals surface area contributed by atoms with Crippen molar-refractivity contribution < 1.29 is 6.51 Å². The van der Waals surface area contributed by atoms with E-state index in [0.29, 0.717) is 10.6 Å². The normalized spacial score (nSPS) is 85.4. The second-order valence-corrected chi connectivity index (χ2v) is 46.8. The van der Waals surface area contributed by atoms with Crippen LogP contribution in [-0.2, 0) is 6.51 Å². The van der Waals surface area contributed by atoms with E-state index in [4.69, 9.17) is 0 Å². The van der Waals surface area contributed by atoms with E-state index in [1.54, 1.807) is 32.1 Å². The van der Waals surface area contributed by atoms with Crippen molar-refractivity contribution in [1.82, 2.24) is 10.6 Å². The molecule has 12 heterocycles. The van der Waals surface area contributed by atoms with Crippen LogP contribution in [0.4, 0.5) is 0 Å². The van der Waals surface area contributed by atoms with Gasteiger partial charge in [-0.15, -0.1) is 0 Å². The van der Waals surface area contributed by atoms with Gasteiger partial charge in [-0.1, -0.05) is 0 Å². The first-order valence-electron chi connectivity index (χ1n) is 18.7. The van der Waals surface area contributed by atoms with E-state index in [9.17, 15) is 0 Å². The van der Waals surface area contributed by atoms with E-state index in [0.717, 1.165) is 54.1 Å². The number of hydrogen-bond donors (Lipinski definition) is 2. The summed E-state index contributed by atoms with van der Waals surface area (Å²) in [5.41, 5.74) is 1.31. The van der Waals surface area contributed by atoms with Gasteiger partial charge in [0.15, 0.2) is 0 Å². The molecule has 2 N–H and O–H groups in total. The molecular weight excluding hydrogens is 578 g/mol. The molecule has 9 atom stereocenters. The van der Waals surface area contributed by atoms with Gasteiger partial charge in [0.2, 0.25) is 0 Å². The zero-order valence-electron chi connectivity index (χ0n) is 25.9. The van der Waals surface area contributed by atoms with Gasteiger partial charge in [0.05, 0.1) is 0 Å². The molecule has 2 nitrogen and oxygen atoms in total. The SMILES string of the molecule is CC(C)(C)[C]12[CH]3[C]4(C(P)(C5CCCCN5)C5CCCCN5)[C]5(C6(CP)C7CC8CC(C7)CC6C8)[CH]1[Fe]32451678[CH]2[CH]1[CH]6[CH]7[CH]28. The zero-order chi connectivity index (χ0) is 27.1. The number of piperidine rings is 2. The standard InChI is InChI=1S/C31H51N2P2.C5H5.Fe/c1-29(2,3)22-17-25(30(19-34)23-13-20-12-21(15-23)16-24(30)14-20)26(18-22)31(35,27-8-4-6-10-32-27)28-9-5-7-11-33-28;1-2-4-5-3-1;/h17-18,20-21,23-24,27-28,32-33H,4-16,19,34-35H2,1-3H3;1-5H;. The molecule has 0 amide bonds. The Morgan fingerprint density at radius 1 is 0.732 bits per heavy atom. The van der Waals surface area contributed by atoms with Crippen molar-refractivity contribution in [2.24, 2.45) is 34.5 Å². The van der Waals surface area contributed by atoms with Crippen molar-refractivity contribution in [2.45, 2.75) is 155 Å². The first-order chi connectivity index (χ1) is 19.5. The van der Waals surface area contributed by atoms with Crippen LogP contribution in [0, 0.1) is 34.5 Å². The van der Waals surface area contributed by atoms with Gasteiger partial charge in [-0.05, 0) is 0 Å². The van der Waals surface area contributed by atoms with E-state index >= 15 is 0 Å². The minimum atomic E-state index is -4.13. The molecule has 16 aliphatic rings. The maximum absolute atomic E-state index is 4.41. The van der Waals surface area contributed by atoms with Gasteiger partial charge >= 0.3 is 245 Å². The van der Waals surface area contributed by atoms with Crippen LogP contribution < -0.4 is 10.6 Å². The van der Waals surface area contributed by atoms with Crippen LogP contribution in [-0.4, -0.2) is 36.5 Å². The van der Waals surface area contributed by atoms with Gasteiger partial charge in [0, 0.05) is 0 Å². The third-order valence-corrected chi connectivity index (χ3v) is 72.4. The first-order valence-corrected chi connectivity index (χ1v) is 26.2. The summed E-state index contributed by atoms with van der Waals surface area (Å²) in [5, 5.41) is 9.27. The van der Waals surface area contributed by atoms with Crippen molar-refractivity contribution in [3.8, 4) is 0 Å². The molecule has 0 aromatic rings. The van der Waals surface area contributed by atoms with Crippen LogP contribution in [0.2, 0.25) is 46.7 Å². The van der Waals surface area contributed by atoms with Crippen LogP contribution >= 0.6 is 18.5 Å². The summed E-state index contributed by atoms with van der Waals surface area (Å²) >= 11 is 0. The maximum atomic E-state index is 4.41. The Hall–Kier alpha value is 1.30. The summed E-state index contributed by atoms with van der Waals surface area (Å²) in [6.45, 7) is 6.98. The van der Waals surface area contributed by atoms with Crippen LogP contribution in [0.1, 0.15) is 91.4 Å². The fourth-order valence-corrected chi connectivity index (χ4v) is 118. The van der Waals surface area contributed by atoms with E-state index in [1.807, 2.05) is 0 Å². The van der Waals surface area contributed by atoms with Crippen molar-refractivity contribution in [3.05, 3.63) is 0 Å². The van der Waals surface area contributed by atoms with Crippen LogP contribution in [0.25, 0.3) is 0 Å². The predicted molar refractivity (Wildman–Crippen MR) is 172 cm³/mol. The minimum absolute atomic E-state index is 0.442. The van der Waals surface area contributed by atoms with Gasteiger partial charge in [-0.25, -0.2) is 0 Å². The molecule has 16 fully saturated rings. The molecule has 5 heteroatoms. The molecule has 228 valence electrons. The van der Waals surface area contributed by atoms with Crippen molar-refractivity contribution in [3.63, 3.8) is 0 Å². The summed E-state index contributed by atoms with van der Waals surface area (Å²) in [5.74, 6) is 4.45. The first kappa shape index (κ1) is 22.8. The molecule has 4 saturated carbocycles. The van der Waals surface area contributed by atoms with Crippen LogP contribution in [0.3, 0.4) is 0 Å². The average molecular weight is 635 g/mol. The molecule has 0 radical (unpaired) electrons. The van der Waals surface area contributed by atoms with E-state index in [2.05, 4.69) is 49.9 Å². The average Bonchev–Trinajstić information content (AvgIpc) is 3.91. The fourth-order valence-electron chi connectivity index (χ4n) is 29.9. The topological polar surface area (TPSA) is 24.1 Å². The Morgan fingerprint density at radius 2 is 1.24 bits per heavy atom. The van der Waals surface area contributed by atoms with Gasteiger partial charge in [0.1, 0.15) is 0 Å². The van der Waals surface area contributed by atoms with Gasteiger partial charge in [-0.3, -0.25) is 0 Å². The Bertz CT molecular complexity index is 1750. The van der Waals surface area contributed by atoms with E-state index in [-0.39, 0.29) is 0 Å². The van der Waals surface area contributed by atoms with Crippen LogP contribution in [0.15, 0.2) is 0 Å². The Morgan fingerprint density at radius 3 is 1.63 bits per heavy atom. The molecule has 1 spiro atoms. The fraction of sp³-hybridized carbons (Fsp3) is 1.00. The van der Waals surface area contributed by atoms with E-state index < -0.39 is 6.51 Å². The molecule has 12 aliphatic heterocycles. The number of rotatable bonds is 5. The number of fused-ring (bicyclic) bond motifs is 11. The monoisotopic (exact) mass is 634 g/mol. The van der Waals surface area contributed by atoms with Crippen molar-refractivity contribution in [1.29, 1.82) is 0 Å². The Balaban J connectivity index is 1.11. The van der Waals surface area contributed by atoms with Gasteiger partial charge in [-0.2, -0.15) is 0 Å². The van der Waals surface area contributed by atoms with Crippen molar-refractivity contribution >= 4 is 18.5 Å². The molecule has 4 bridgehead atoms. The summed E-state index contributed by atoms with van der Waals surface area (Å²) < 4.78 is 2.62. The van der Waals surface area contributed by atoms with E-state index in [1.165, 1.54) is 91.5 Å². The molecule has 41 heavy (non-hydrogen) atoms. The van der Waals surface area contributed by atoms with Gasteiger partial charge in [0.25, 0.3) is 0 Å². The summed E-state index contributed by atoms with van der Waals surface area (Å²) in [7, 11) is 7.64. The molecule has 4 aliphatic carbocycles. The molecule has 12 saturated heterocycles. The second kappa shape index (κ2) is 3.56. The second-order valence-electron chi connectivity index (χ2n) is 22.6. The van der Waals surface area contributed by atoms with Crippen LogP contribution in [0.5, 0.6) is 0 Å². The Kier molecular flexibility index (Phi) is 1.98. The predicted octanol–water partition coefficient (Wildman–Crippen LogP) is 8.75. The number of hydrogen-bond acceptors (Lipinski definition) is 2. The number of nitrogens with one attached hydrogen (secondary N) is 2. The summed E-state index contributed by atoms with van der Waals surface area (Å²) in [6.07, 6.45) is 18.6. The zero-order valence-corrected chi connectivity index (χ0v) is 29.3. The van der Waals surface area contributed by atoms with Crippen molar-refractivity contribution in [2.75, 3.05) is 19.3 Å². The molecular formula is C36H56FeN2P2. The quantitative estimate of drug-likeness (QED) is 0.234. The van der Waals surface area contributed by atoms with Gasteiger partial charge < -0.3 is 0 Å². The third-order valence-electron chi connectivity index (χ3n) is 26.1. The Labute approximate surface area is 243 Å². The molecule has 0 aromatic heterocycles. The molecule has 0 aromatic carbocycles. The summed E-state index contributed by atoms with van der Waals surface area (Å²) in [6, 6.07) is 1.53. The molecule has 16 rings (SSSR count). The summed E-state index contributed by atoms with van der Waals surface area (Å²) in [4.78, 5) is 9.45. The molecule has 9 unspecified atom stereocenters. The third kappa shape index (κ3) is 0.581.